The molecule has 2 N–H and O–H groups in total. The molecule has 0 amide bonds. The molecule has 3 heteroatoms. The van der Waals surface area contributed by atoms with Crippen molar-refractivity contribution >= 4 is 21.8 Å². The first-order chi connectivity index (χ1) is 8.25. The standard InChI is InChI=1S/C14H15N3/c1-10(15)9-17-8-6-11-4-5-13-12(14(11)17)3-2-7-16-13/h2-8,10H,9,15H2,1H3. The molecule has 0 bridgehead atoms. The molecule has 0 aliphatic rings. The fraction of sp³-hybridized carbons (Fsp3) is 0.214. The lowest BCUT2D eigenvalue weighted by atomic mass is 10.1. The van der Waals surface area contributed by atoms with Crippen molar-refractivity contribution in [2.45, 2.75) is 19.5 Å². The van der Waals surface area contributed by atoms with Crippen molar-refractivity contribution in [3.63, 3.8) is 0 Å². The van der Waals surface area contributed by atoms with Crippen molar-refractivity contribution in [2.24, 2.45) is 5.73 Å². The van der Waals surface area contributed by atoms with Crippen LogP contribution in [0.5, 0.6) is 0 Å². The van der Waals surface area contributed by atoms with Gasteiger partial charge in [0.1, 0.15) is 0 Å². The van der Waals surface area contributed by atoms with Crippen LogP contribution in [0.15, 0.2) is 42.7 Å². The van der Waals surface area contributed by atoms with Crippen LogP contribution in [0, 0.1) is 0 Å². The van der Waals surface area contributed by atoms with E-state index in [1.54, 1.807) is 0 Å². The Balaban J connectivity index is 2.34. The lowest BCUT2D eigenvalue weighted by Gasteiger charge is -2.10. The Bertz CT molecular complexity index is 667. The van der Waals surface area contributed by atoms with Gasteiger partial charge in [0.25, 0.3) is 0 Å². The molecule has 1 unspecified atom stereocenters. The third-order valence-corrected chi connectivity index (χ3v) is 2.99. The van der Waals surface area contributed by atoms with E-state index in [-0.39, 0.29) is 6.04 Å². The summed E-state index contributed by atoms with van der Waals surface area (Å²) in [4.78, 5) is 4.39. The van der Waals surface area contributed by atoms with E-state index in [0.29, 0.717) is 0 Å². The average Bonchev–Trinajstić information content (AvgIpc) is 2.72. The first kappa shape index (κ1) is 10.3. The summed E-state index contributed by atoms with van der Waals surface area (Å²) < 4.78 is 2.21. The van der Waals surface area contributed by atoms with Gasteiger partial charge in [-0.25, -0.2) is 0 Å². The van der Waals surface area contributed by atoms with E-state index < -0.39 is 0 Å². The van der Waals surface area contributed by atoms with Crippen LogP contribution in [-0.2, 0) is 6.54 Å². The van der Waals surface area contributed by atoms with Crippen molar-refractivity contribution in [2.75, 3.05) is 0 Å². The molecule has 3 nitrogen and oxygen atoms in total. The van der Waals surface area contributed by atoms with Crippen LogP contribution >= 0.6 is 0 Å². The summed E-state index contributed by atoms with van der Waals surface area (Å²) in [5, 5.41) is 2.43. The maximum atomic E-state index is 5.88. The van der Waals surface area contributed by atoms with E-state index in [2.05, 4.69) is 40.0 Å². The first-order valence-electron chi connectivity index (χ1n) is 5.84. The highest BCUT2D eigenvalue weighted by Gasteiger charge is 2.07. The third kappa shape index (κ3) is 1.68. The number of fused-ring (bicyclic) bond motifs is 3. The van der Waals surface area contributed by atoms with E-state index in [0.717, 1.165) is 12.1 Å². The zero-order valence-electron chi connectivity index (χ0n) is 9.80. The molecule has 0 saturated heterocycles. The maximum Gasteiger partial charge on any atom is 0.0723 e. The predicted octanol–water partition coefficient (Wildman–Crippen LogP) is 2.54. The minimum Gasteiger partial charge on any atom is -0.345 e. The summed E-state index contributed by atoms with van der Waals surface area (Å²) in [5.41, 5.74) is 8.14. The van der Waals surface area contributed by atoms with Crippen molar-refractivity contribution in [3.05, 3.63) is 42.7 Å². The molecule has 17 heavy (non-hydrogen) atoms. The highest BCUT2D eigenvalue weighted by atomic mass is 15.0. The summed E-state index contributed by atoms with van der Waals surface area (Å²) in [6.45, 7) is 2.85. The van der Waals surface area contributed by atoms with Crippen LogP contribution in [0.1, 0.15) is 6.92 Å². The summed E-state index contributed by atoms with van der Waals surface area (Å²) >= 11 is 0. The van der Waals surface area contributed by atoms with Gasteiger partial charge >= 0.3 is 0 Å². The molecule has 2 aromatic heterocycles. The quantitative estimate of drug-likeness (QED) is 0.728. The minimum absolute atomic E-state index is 0.150. The van der Waals surface area contributed by atoms with E-state index in [4.69, 9.17) is 5.73 Å². The molecular formula is C14H15N3. The molecule has 1 aromatic carbocycles. The number of nitrogens with zero attached hydrogens (tertiary/aromatic N) is 2. The van der Waals surface area contributed by atoms with Crippen LogP contribution in [0.25, 0.3) is 21.8 Å². The number of nitrogens with two attached hydrogens (primary N) is 1. The second-order valence-electron chi connectivity index (χ2n) is 4.52. The number of aromatic nitrogens is 2. The number of benzene rings is 1. The van der Waals surface area contributed by atoms with Gasteiger partial charge in [0.2, 0.25) is 0 Å². The Hall–Kier alpha value is -1.87. The monoisotopic (exact) mass is 225 g/mol. The van der Waals surface area contributed by atoms with Gasteiger partial charge in [-0.2, -0.15) is 0 Å². The highest BCUT2D eigenvalue weighted by molar-refractivity contribution is 6.04. The molecule has 0 radical (unpaired) electrons. The Morgan fingerprint density at radius 3 is 3.00 bits per heavy atom. The van der Waals surface area contributed by atoms with Gasteiger partial charge in [-0.3, -0.25) is 4.98 Å². The molecule has 3 rings (SSSR count). The van der Waals surface area contributed by atoms with Gasteiger partial charge in [-0.1, -0.05) is 6.07 Å². The maximum absolute atomic E-state index is 5.88. The molecule has 0 saturated carbocycles. The molecule has 2 heterocycles. The zero-order valence-corrected chi connectivity index (χ0v) is 9.80. The molecule has 1 atom stereocenters. The van der Waals surface area contributed by atoms with Crippen LogP contribution in [0.3, 0.4) is 0 Å². The summed E-state index contributed by atoms with van der Waals surface area (Å²) in [5.74, 6) is 0. The molecule has 0 aliphatic heterocycles. The van der Waals surface area contributed by atoms with Crippen LogP contribution < -0.4 is 5.73 Å². The average molecular weight is 225 g/mol. The summed E-state index contributed by atoms with van der Waals surface area (Å²) in [7, 11) is 0. The highest BCUT2D eigenvalue weighted by Crippen LogP contribution is 2.25. The van der Waals surface area contributed by atoms with Crippen molar-refractivity contribution in [1.29, 1.82) is 0 Å². The third-order valence-electron chi connectivity index (χ3n) is 2.99. The second kappa shape index (κ2) is 3.86. The minimum atomic E-state index is 0.150. The van der Waals surface area contributed by atoms with Gasteiger partial charge in [-0.05, 0) is 31.2 Å². The fourth-order valence-corrected chi connectivity index (χ4v) is 2.32. The van der Waals surface area contributed by atoms with E-state index in [9.17, 15) is 0 Å². The predicted molar refractivity (Wildman–Crippen MR) is 70.9 cm³/mol. The first-order valence-corrected chi connectivity index (χ1v) is 5.84. The molecule has 3 aromatic rings. The summed E-state index contributed by atoms with van der Waals surface area (Å²) in [6.07, 6.45) is 3.92. The van der Waals surface area contributed by atoms with Gasteiger partial charge in [0.15, 0.2) is 0 Å². The number of pyridine rings is 1. The topological polar surface area (TPSA) is 43.8 Å². The molecule has 0 spiro atoms. The second-order valence-corrected chi connectivity index (χ2v) is 4.52. The van der Waals surface area contributed by atoms with Crippen molar-refractivity contribution in [1.82, 2.24) is 9.55 Å². The Labute approximate surface area is 99.9 Å². The molecule has 0 aliphatic carbocycles. The molecular weight excluding hydrogens is 210 g/mol. The normalized spacial score (nSPS) is 13.3. The van der Waals surface area contributed by atoms with Crippen LogP contribution in [0.4, 0.5) is 0 Å². The van der Waals surface area contributed by atoms with E-state index in [1.807, 2.05) is 19.2 Å². The fourth-order valence-electron chi connectivity index (χ4n) is 2.32. The number of hydrogen-bond donors (Lipinski definition) is 1. The van der Waals surface area contributed by atoms with Crippen molar-refractivity contribution < 1.29 is 0 Å². The van der Waals surface area contributed by atoms with Crippen LogP contribution in [0.2, 0.25) is 0 Å². The van der Waals surface area contributed by atoms with Gasteiger partial charge in [0, 0.05) is 35.8 Å². The van der Waals surface area contributed by atoms with E-state index in [1.165, 1.54) is 16.3 Å². The number of hydrogen-bond acceptors (Lipinski definition) is 2. The largest absolute Gasteiger partial charge is 0.345 e. The Kier molecular flexibility index (Phi) is 2.34. The Morgan fingerprint density at radius 2 is 2.18 bits per heavy atom. The molecule has 86 valence electrons. The van der Waals surface area contributed by atoms with E-state index >= 15 is 0 Å². The lowest BCUT2D eigenvalue weighted by molar-refractivity contribution is 0.606. The number of rotatable bonds is 2. The zero-order chi connectivity index (χ0) is 11.8. The summed E-state index contributed by atoms with van der Waals surface area (Å²) in [6, 6.07) is 10.5. The lowest BCUT2D eigenvalue weighted by Crippen LogP contribution is -2.21. The van der Waals surface area contributed by atoms with Crippen LogP contribution in [-0.4, -0.2) is 15.6 Å². The SMILES string of the molecule is CC(N)Cn1ccc2ccc3ncccc3c21. The van der Waals surface area contributed by atoms with Gasteiger partial charge in [0.05, 0.1) is 11.0 Å². The van der Waals surface area contributed by atoms with Gasteiger partial charge < -0.3 is 10.3 Å². The van der Waals surface area contributed by atoms with Gasteiger partial charge in [-0.15, -0.1) is 0 Å². The Morgan fingerprint density at radius 1 is 1.29 bits per heavy atom. The van der Waals surface area contributed by atoms with Crippen molar-refractivity contribution in [3.8, 4) is 0 Å². The molecule has 0 fully saturated rings. The smallest absolute Gasteiger partial charge is 0.0723 e.